The Hall–Kier alpha value is -4.20. The number of nitrogens with zero attached hydrogens (tertiary/aromatic N) is 2. The minimum Gasteiger partial charge on any atom is -0.493 e. The molecule has 0 radical (unpaired) electrons. The second kappa shape index (κ2) is 15.1. The Morgan fingerprint density at radius 3 is 2.38 bits per heavy atom. The van der Waals surface area contributed by atoms with Gasteiger partial charge >= 0.3 is 11.9 Å². The summed E-state index contributed by atoms with van der Waals surface area (Å²) in [6.07, 6.45) is 1.14. The number of rotatable bonds is 12. The van der Waals surface area contributed by atoms with Crippen LogP contribution in [0.2, 0.25) is 0 Å². The van der Waals surface area contributed by atoms with Gasteiger partial charge in [0, 0.05) is 16.9 Å². The Morgan fingerprint density at radius 2 is 1.74 bits per heavy atom. The Morgan fingerprint density at radius 1 is 1.05 bits per heavy atom. The molecule has 42 heavy (non-hydrogen) atoms. The van der Waals surface area contributed by atoms with Crippen LogP contribution >= 0.6 is 33.9 Å². The van der Waals surface area contributed by atoms with E-state index in [9.17, 15) is 24.9 Å². The zero-order chi connectivity index (χ0) is 30.8. The molecule has 2 aromatic carbocycles. The summed E-state index contributed by atoms with van der Waals surface area (Å²) in [5.74, 6) is -0.959. The van der Waals surface area contributed by atoms with Gasteiger partial charge in [-0.15, -0.1) is 11.3 Å². The van der Waals surface area contributed by atoms with Crippen LogP contribution in [-0.2, 0) is 27.3 Å². The van der Waals surface area contributed by atoms with Crippen molar-refractivity contribution in [3.05, 3.63) is 83.1 Å². The fraction of sp³-hybridized carbons (Fsp3) is 0.258. The molecular weight excluding hydrogens is 671 g/mol. The SMILES string of the molecule is CCOC(=O)c1sc(CC(=O)/C(C#N)=C/c2cc(I)c(OCc3ccccc3C#N)c(OC)c2)c(C(=O)OCC)c1C. The maximum atomic E-state index is 13.3. The third kappa shape index (κ3) is 7.55. The van der Waals surface area contributed by atoms with Gasteiger partial charge in [0.25, 0.3) is 0 Å². The predicted octanol–water partition coefficient (Wildman–Crippen LogP) is 6.19. The van der Waals surface area contributed by atoms with Crippen LogP contribution in [0.4, 0.5) is 0 Å². The lowest BCUT2D eigenvalue weighted by Crippen LogP contribution is -2.12. The number of ketones is 1. The summed E-state index contributed by atoms with van der Waals surface area (Å²) in [5, 5.41) is 19.2. The van der Waals surface area contributed by atoms with Crippen LogP contribution in [0.3, 0.4) is 0 Å². The lowest BCUT2D eigenvalue weighted by Gasteiger charge is -2.14. The topological polar surface area (TPSA) is 136 Å². The summed E-state index contributed by atoms with van der Waals surface area (Å²) in [6.45, 7) is 5.34. The summed E-state index contributed by atoms with van der Waals surface area (Å²) >= 11 is 3.05. The quantitative estimate of drug-likeness (QED) is 0.0939. The van der Waals surface area contributed by atoms with Crippen molar-refractivity contribution in [1.82, 2.24) is 0 Å². The van der Waals surface area contributed by atoms with Crippen LogP contribution in [0.25, 0.3) is 6.08 Å². The van der Waals surface area contributed by atoms with Crippen LogP contribution in [0.5, 0.6) is 11.5 Å². The van der Waals surface area contributed by atoms with Gasteiger partial charge < -0.3 is 18.9 Å². The van der Waals surface area contributed by atoms with E-state index in [0.717, 1.165) is 16.9 Å². The van der Waals surface area contributed by atoms with Gasteiger partial charge in [0.1, 0.15) is 17.6 Å². The Kier molecular flexibility index (Phi) is 11.7. The van der Waals surface area contributed by atoms with E-state index in [2.05, 4.69) is 28.7 Å². The summed E-state index contributed by atoms with van der Waals surface area (Å²) in [7, 11) is 1.47. The molecular formula is C31H27IN2O7S. The number of allylic oxidation sites excluding steroid dienone is 1. The Labute approximate surface area is 261 Å². The number of nitriles is 2. The standard InChI is InChI=1S/C31H27IN2O7S/c1-5-39-30(36)27-18(3)29(31(37)40-6-2)42-26(27)14-24(35)22(16-34)11-19-12-23(32)28(25(13-19)38-4)41-17-21-10-8-7-9-20(21)15-33/h7-13H,5-6,14,17H2,1-4H3/b22-11+. The molecule has 0 spiro atoms. The average Bonchev–Trinajstić information content (AvgIpc) is 3.30. The van der Waals surface area contributed by atoms with Gasteiger partial charge in [-0.3, -0.25) is 4.79 Å². The van der Waals surface area contributed by atoms with Crippen molar-refractivity contribution in [2.45, 2.75) is 33.8 Å². The third-order valence-corrected chi connectivity index (χ3v) is 8.05. The molecule has 0 atom stereocenters. The van der Waals surface area contributed by atoms with Crippen LogP contribution < -0.4 is 9.47 Å². The molecule has 0 aliphatic carbocycles. The van der Waals surface area contributed by atoms with E-state index < -0.39 is 17.7 Å². The van der Waals surface area contributed by atoms with Crippen molar-refractivity contribution in [3.63, 3.8) is 0 Å². The minimum atomic E-state index is -0.653. The van der Waals surface area contributed by atoms with Crippen molar-refractivity contribution in [3.8, 4) is 23.6 Å². The number of halogens is 1. The first kappa shape index (κ1) is 32.3. The number of hydrogen-bond donors (Lipinski definition) is 0. The summed E-state index contributed by atoms with van der Waals surface area (Å²) in [5.41, 5.74) is 2.09. The van der Waals surface area contributed by atoms with E-state index in [4.69, 9.17) is 18.9 Å². The number of thiophene rings is 1. The predicted molar refractivity (Wildman–Crippen MR) is 164 cm³/mol. The second-order valence-electron chi connectivity index (χ2n) is 8.66. The van der Waals surface area contributed by atoms with Gasteiger partial charge in [-0.1, -0.05) is 18.2 Å². The zero-order valence-electron chi connectivity index (χ0n) is 23.4. The molecule has 0 N–H and O–H groups in total. The smallest absolute Gasteiger partial charge is 0.348 e. The number of carbonyl (C=O) groups is 3. The van der Waals surface area contributed by atoms with Gasteiger partial charge in [0.15, 0.2) is 17.3 Å². The van der Waals surface area contributed by atoms with Crippen molar-refractivity contribution in [1.29, 1.82) is 10.5 Å². The van der Waals surface area contributed by atoms with Crippen molar-refractivity contribution in [2.24, 2.45) is 0 Å². The number of benzene rings is 2. The number of ether oxygens (including phenoxy) is 4. The summed E-state index contributed by atoms with van der Waals surface area (Å²) in [6, 6.07) is 14.6. The summed E-state index contributed by atoms with van der Waals surface area (Å²) < 4.78 is 22.4. The van der Waals surface area contributed by atoms with Crippen molar-refractivity contribution >= 4 is 57.7 Å². The highest BCUT2D eigenvalue weighted by Gasteiger charge is 2.28. The van der Waals surface area contributed by atoms with Crippen LogP contribution in [0.15, 0.2) is 42.0 Å². The van der Waals surface area contributed by atoms with Crippen LogP contribution in [0, 0.1) is 33.2 Å². The molecule has 9 nitrogen and oxygen atoms in total. The van der Waals surface area contributed by atoms with Crippen LogP contribution in [0.1, 0.15) is 61.0 Å². The molecule has 1 aromatic heterocycles. The van der Waals surface area contributed by atoms with Gasteiger partial charge in [0.2, 0.25) is 0 Å². The number of Topliss-reactive ketones (excluding diaryl/α,β-unsaturated/α-hetero) is 1. The molecule has 0 saturated carbocycles. The third-order valence-electron chi connectivity index (χ3n) is 5.97. The Bertz CT molecular complexity index is 1630. The molecule has 0 aliphatic rings. The lowest BCUT2D eigenvalue weighted by molar-refractivity contribution is -0.114. The monoisotopic (exact) mass is 698 g/mol. The molecule has 3 aromatic rings. The first-order valence-electron chi connectivity index (χ1n) is 12.8. The number of hydrogen-bond acceptors (Lipinski definition) is 10. The molecule has 0 amide bonds. The van der Waals surface area contributed by atoms with E-state index in [1.165, 1.54) is 13.2 Å². The fourth-order valence-corrected chi connectivity index (χ4v) is 5.98. The molecule has 0 saturated heterocycles. The normalized spacial score (nSPS) is 10.8. The van der Waals surface area contributed by atoms with Gasteiger partial charge in [-0.2, -0.15) is 10.5 Å². The van der Waals surface area contributed by atoms with Crippen molar-refractivity contribution < 1.29 is 33.3 Å². The molecule has 0 unspecified atom stereocenters. The van der Waals surface area contributed by atoms with Crippen LogP contribution in [-0.4, -0.2) is 38.0 Å². The van der Waals surface area contributed by atoms with Crippen molar-refractivity contribution in [2.75, 3.05) is 20.3 Å². The highest BCUT2D eigenvalue weighted by molar-refractivity contribution is 14.1. The van der Waals surface area contributed by atoms with E-state index in [0.29, 0.717) is 36.6 Å². The highest BCUT2D eigenvalue weighted by Crippen LogP contribution is 2.36. The van der Waals surface area contributed by atoms with E-state index in [1.54, 1.807) is 51.1 Å². The number of esters is 2. The average molecular weight is 699 g/mol. The molecule has 0 bridgehead atoms. The maximum Gasteiger partial charge on any atom is 0.348 e. The second-order valence-corrected chi connectivity index (χ2v) is 10.9. The fourth-order valence-electron chi connectivity index (χ4n) is 4.01. The highest BCUT2D eigenvalue weighted by atomic mass is 127. The van der Waals surface area contributed by atoms with Gasteiger partial charge in [-0.05, 0) is 78.8 Å². The molecule has 0 fully saturated rings. The first-order valence-corrected chi connectivity index (χ1v) is 14.7. The largest absolute Gasteiger partial charge is 0.493 e. The Balaban J connectivity index is 1.92. The molecule has 0 aliphatic heterocycles. The lowest BCUT2D eigenvalue weighted by atomic mass is 10.0. The molecule has 11 heteroatoms. The summed E-state index contributed by atoms with van der Waals surface area (Å²) in [4.78, 5) is 39.0. The van der Waals surface area contributed by atoms with E-state index in [-0.39, 0.29) is 42.3 Å². The molecule has 216 valence electrons. The molecule has 3 rings (SSSR count). The van der Waals surface area contributed by atoms with Gasteiger partial charge in [-0.25, -0.2) is 9.59 Å². The van der Waals surface area contributed by atoms with E-state index in [1.807, 2.05) is 12.1 Å². The maximum absolute atomic E-state index is 13.3. The zero-order valence-corrected chi connectivity index (χ0v) is 26.4. The first-order chi connectivity index (χ1) is 20.2. The van der Waals surface area contributed by atoms with E-state index >= 15 is 0 Å². The van der Waals surface area contributed by atoms with Gasteiger partial charge in [0.05, 0.1) is 46.7 Å². The molecule has 1 heterocycles. The number of methoxy groups -OCH3 is 1. The number of carbonyl (C=O) groups excluding carboxylic acids is 3. The minimum absolute atomic E-state index is 0.116.